The van der Waals surface area contributed by atoms with Crippen molar-refractivity contribution >= 4 is 5.78 Å². The highest BCUT2D eigenvalue weighted by molar-refractivity contribution is 5.80. The van der Waals surface area contributed by atoms with Crippen LogP contribution in [0.25, 0.3) is 0 Å². The van der Waals surface area contributed by atoms with Gasteiger partial charge in [0.15, 0.2) is 0 Å². The van der Waals surface area contributed by atoms with Crippen LogP contribution in [0.5, 0.6) is 0 Å². The molecule has 0 saturated heterocycles. The summed E-state index contributed by atoms with van der Waals surface area (Å²) < 4.78 is 13.1. The molecule has 0 spiro atoms. The van der Waals surface area contributed by atoms with Gasteiger partial charge in [0, 0.05) is 12.8 Å². The molecule has 2 nitrogen and oxygen atoms in total. The summed E-state index contributed by atoms with van der Waals surface area (Å²) in [5, 5.41) is 0. The Kier molecular flexibility index (Phi) is 6.34. The largest absolute Gasteiger partial charge is 0.330 e. The normalized spacial score (nSPS) is 13.2. The molecular formula is C17H26FNO. The summed E-state index contributed by atoms with van der Waals surface area (Å²) in [7, 11) is 0. The van der Waals surface area contributed by atoms with Crippen molar-refractivity contribution in [3.05, 3.63) is 35.6 Å². The first-order chi connectivity index (χ1) is 9.32. The van der Waals surface area contributed by atoms with Gasteiger partial charge in [0.25, 0.3) is 0 Å². The van der Waals surface area contributed by atoms with Gasteiger partial charge in [-0.25, -0.2) is 4.39 Å². The van der Waals surface area contributed by atoms with Gasteiger partial charge in [-0.1, -0.05) is 32.9 Å². The van der Waals surface area contributed by atoms with Crippen LogP contribution in [0.1, 0.15) is 45.6 Å². The molecule has 20 heavy (non-hydrogen) atoms. The second-order valence-corrected chi connectivity index (χ2v) is 6.52. The highest BCUT2D eigenvalue weighted by Crippen LogP contribution is 2.32. The summed E-state index contributed by atoms with van der Waals surface area (Å²) in [4.78, 5) is 12.0. The quantitative estimate of drug-likeness (QED) is 0.826. The lowest BCUT2D eigenvalue weighted by Crippen LogP contribution is -2.24. The first-order valence-corrected chi connectivity index (χ1v) is 7.29. The van der Waals surface area contributed by atoms with Crippen molar-refractivity contribution in [1.82, 2.24) is 0 Å². The van der Waals surface area contributed by atoms with Gasteiger partial charge in [-0.3, -0.25) is 4.79 Å². The molecule has 0 amide bonds. The van der Waals surface area contributed by atoms with Crippen molar-refractivity contribution in [3.63, 3.8) is 0 Å². The van der Waals surface area contributed by atoms with E-state index < -0.39 is 0 Å². The summed E-state index contributed by atoms with van der Waals surface area (Å²) in [6.45, 7) is 7.21. The average molecular weight is 279 g/mol. The van der Waals surface area contributed by atoms with E-state index in [2.05, 4.69) is 20.8 Å². The zero-order valence-electron chi connectivity index (χ0n) is 12.8. The second kappa shape index (κ2) is 7.53. The Hall–Kier alpha value is -1.22. The fourth-order valence-electron chi connectivity index (χ4n) is 2.51. The number of ketones is 1. The topological polar surface area (TPSA) is 43.1 Å². The molecule has 2 N–H and O–H groups in total. The fraction of sp³-hybridized carbons (Fsp3) is 0.588. The zero-order chi connectivity index (χ0) is 15.2. The molecule has 0 aromatic heterocycles. The Bertz CT molecular complexity index is 437. The van der Waals surface area contributed by atoms with Crippen LogP contribution in [0.15, 0.2) is 24.3 Å². The highest BCUT2D eigenvalue weighted by atomic mass is 19.1. The van der Waals surface area contributed by atoms with E-state index in [1.165, 1.54) is 12.1 Å². The van der Waals surface area contributed by atoms with E-state index in [0.29, 0.717) is 25.3 Å². The van der Waals surface area contributed by atoms with Crippen molar-refractivity contribution in [3.8, 4) is 0 Å². The molecule has 0 aliphatic rings. The number of carbonyl (C=O) groups is 1. The van der Waals surface area contributed by atoms with Gasteiger partial charge < -0.3 is 5.73 Å². The number of benzene rings is 1. The minimum Gasteiger partial charge on any atom is -0.330 e. The third kappa shape index (κ3) is 5.83. The van der Waals surface area contributed by atoms with Crippen LogP contribution < -0.4 is 5.73 Å². The molecule has 0 aliphatic heterocycles. The van der Waals surface area contributed by atoms with Crippen molar-refractivity contribution < 1.29 is 9.18 Å². The maximum Gasteiger partial charge on any atom is 0.137 e. The van der Waals surface area contributed by atoms with Gasteiger partial charge in [-0.2, -0.15) is 0 Å². The number of hydrogen-bond donors (Lipinski definition) is 1. The molecule has 3 heteroatoms. The third-order valence-electron chi connectivity index (χ3n) is 3.80. The van der Waals surface area contributed by atoms with Crippen molar-refractivity contribution in [2.45, 2.75) is 46.5 Å². The van der Waals surface area contributed by atoms with E-state index in [4.69, 9.17) is 5.73 Å². The van der Waals surface area contributed by atoms with E-state index in [-0.39, 0.29) is 17.0 Å². The number of hydrogen-bond acceptors (Lipinski definition) is 2. The summed E-state index contributed by atoms with van der Waals surface area (Å²) in [5.41, 5.74) is 6.56. The lowest BCUT2D eigenvalue weighted by molar-refractivity contribution is -0.118. The Balaban J connectivity index is 2.50. The van der Waals surface area contributed by atoms with Crippen LogP contribution in [0, 0.1) is 17.2 Å². The molecule has 0 saturated carbocycles. The Morgan fingerprint density at radius 1 is 1.30 bits per heavy atom. The second-order valence-electron chi connectivity index (χ2n) is 6.52. The number of rotatable bonds is 7. The lowest BCUT2D eigenvalue weighted by atomic mass is 9.76. The lowest BCUT2D eigenvalue weighted by Gasteiger charge is -2.30. The van der Waals surface area contributed by atoms with Crippen LogP contribution in [0.2, 0.25) is 0 Å². The minimum absolute atomic E-state index is 0.165. The maximum atomic E-state index is 13.1. The van der Waals surface area contributed by atoms with Crippen molar-refractivity contribution in [1.29, 1.82) is 0 Å². The van der Waals surface area contributed by atoms with Crippen molar-refractivity contribution in [2.75, 3.05) is 6.54 Å². The summed E-state index contributed by atoms with van der Waals surface area (Å²) in [5.74, 6) is 0.330. The monoisotopic (exact) mass is 279 g/mol. The molecule has 0 fully saturated rings. The van der Waals surface area contributed by atoms with E-state index in [0.717, 1.165) is 18.4 Å². The molecule has 1 aromatic carbocycles. The molecule has 1 aromatic rings. The molecule has 0 radical (unpaired) electrons. The van der Waals surface area contributed by atoms with Crippen molar-refractivity contribution in [2.24, 2.45) is 17.1 Å². The fourth-order valence-corrected chi connectivity index (χ4v) is 2.51. The minimum atomic E-state index is -0.286. The van der Waals surface area contributed by atoms with Crippen LogP contribution in [-0.4, -0.2) is 12.3 Å². The smallest absolute Gasteiger partial charge is 0.137 e. The first kappa shape index (κ1) is 16.8. The van der Waals surface area contributed by atoms with Gasteiger partial charge in [-0.15, -0.1) is 0 Å². The molecule has 1 unspecified atom stereocenters. The van der Waals surface area contributed by atoms with E-state index in [1.54, 1.807) is 12.1 Å². The summed E-state index contributed by atoms with van der Waals surface area (Å²) in [6, 6.07) is 6.26. The number of halogens is 1. The predicted molar refractivity (Wildman–Crippen MR) is 81.0 cm³/mol. The SMILES string of the molecule is CC(C)(C)C(CCN)CCC(=O)Cc1cccc(F)c1. The summed E-state index contributed by atoms with van der Waals surface area (Å²) >= 11 is 0. The van der Waals surface area contributed by atoms with E-state index >= 15 is 0 Å². The first-order valence-electron chi connectivity index (χ1n) is 7.29. The molecular weight excluding hydrogens is 253 g/mol. The number of Topliss-reactive ketones (excluding diaryl/α,β-unsaturated/α-hetero) is 1. The van der Waals surface area contributed by atoms with Crippen LogP contribution in [-0.2, 0) is 11.2 Å². The highest BCUT2D eigenvalue weighted by Gasteiger charge is 2.24. The van der Waals surface area contributed by atoms with Crippen LogP contribution in [0.4, 0.5) is 4.39 Å². The van der Waals surface area contributed by atoms with Gasteiger partial charge >= 0.3 is 0 Å². The molecule has 112 valence electrons. The number of carbonyl (C=O) groups excluding carboxylic acids is 1. The van der Waals surface area contributed by atoms with Crippen LogP contribution >= 0.6 is 0 Å². The third-order valence-corrected chi connectivity index (χ3v) is 3.80. The van der Waals surface area contributed by atoms with Gasteiger partial charge in [0.1, 0.15) is 11.6 Å². The Morgan fingerprint density at radius 3 is 2.55 bits per heavy atom. The van der Waals surface area contributed by atoms with Crippen LogP contribution in [0.3, 0.4) is 0 Å². The maximum absolute atomic E-state index is 13.1. The van der Waals surface area contributed by atoms with E-state index in [1.807, 2.05) is 0 Å². The molecule has 1 rings (SSSR count). The molecule has 0 bridgehead atoms. The van der Waals surface area contributed by atoms with E-state index in [9.17, 15) is 9.18 Å². The molecule has 0 aliphatic carbocycles. The molecule has 0 heterocycles. The zero-order valence-corrected chi connectivity index (χ0v) is 12.8. The summed E-state index contributed by atoms with van der Waals surface area (Å²) in [6.07, 6.45) is 2.65. The number of nitrogens with two attached hydrogens (primary N) is 1. The predicted octanol–water partition coefficient (Wildman–Crippen LogP) is 3.73. The van der Waals surface area contributed by atoms with Gasteiger partial charge in [0.2, 0.25) is 0 Å². The standard InChI is InChI=1S/C17H26FNO/c1-17(2,3)14(9-10-19)7-8-16(20)12-13-5-4-6-15(18)11-13/h4-6,11,14H,7-10,12,19H2,1-3H3. The molecule has 1 atom stereocenters. The van der Waals surface area contributed by atoms with Gasteiger partial charge in [-0.05, 0) is 48.4 Å². The average Bonchev–Trinajstić information content (AvgIpc) is 2.33. The Labute approximate surface area is 121 Å². The Morgan fingerprint density at radius 2 is 2.00 bits per heavy atom. The van der Waals surface area contributed by atoms with Gasteiger partial charge in [0.05, 0.1) is 0 Å².